The Bertz CT molecular complexity index is 745. The first-order chi connectivity index (χ1) is 10.8. The molecule has 0 N–H and O–H groups in total. The molecular formula is C18H15ClN2O. The lowest BCUT2D eigenvalue weighted by molar-refractivity contribution is 0.390. The molecule has 22 heavy (non-hydrogen) atoms. The molecule has 1 aromatic heterocycles. The zero-order chi connectivity index (χ0) is 15.4. The molecular weight excluding hydrogens is 296 g/mol. The molecule has 4 heteroatoms. The number of hydrogen-bond acceptors (Lipinski definition) is 3. The lowest BCUT2D eigenvalue weighted by Gasteiger charge is -2.20. The highest BCUT2D eigenvalue weighted by Gasteiger charge is 2.21. The summed E-state index contributed by atoms with van der Waals surface area (Å²) < 4.78 is 5.42. The monoisotopic (exact) mass is 310 g/mol. The van der Waals surface area contributed by atoms with Gasteiger partial charge in [-0.05, 0) is 23.3 Å². The molecule has 0 radical (unpaired) electrons. The van der Waals surface area contributed by atoms with Crippen molar-refractivity contribution in [1.29, 1.82) is 0 Å². The molecule has 3 aromatic rings. The van der Waals surface area contributed by atoms with Gasteiger partial charge in [-0.15, -0.1) is 0 Å². The van der Waals surface area contributed by atoms with E-state index < -0.39 is 0 Å². The second kappa shape index (κ2) is 6.58. The SMILES string of the molecule is COc1ncncc1[C@H](c1ccccc1)c1ccc(Cl)cc1. The van der Waals surface area contributed by atoms with Gasteiger partial charge in [0, 0.05) is 22.7 Å². The van der Waals surface area contributed by atoms with Gasteiger partial charge in [-0.25, -0.2) is 9.97 Å². The molecule has 0 aliphatic carbocycles. The first kappa shape index (κ1) is 14.5. The Hall–Kier alpha value is -2.39. The lowest BCUT2D eigenvalue weighted by Crippen LogP contribution is -2.07. The van der Waals surface area contributed by atoms with Gasteiger partial charge in [-0.2, -0.15) is 0 Å². The van der Waals surface area contributed by atoms with Gasteiger partial charge in [-0.1, -0.05) is 54.1 Å². The Labute approximate surface area is 134 Å². The fraction of sp³-hybridized carbons (Fsp3) is 0.111. The first-order valence-corrected chi connectivity index (χ1v) is 7.31. The minimum Gasteiger partial charge on any atom is -0.481 e. The quantitative estimate of drug-likeness (QED) is 0.720. The van der Waals surface area contributed by atoms with Crippen LogP contribution in [0.4, 0.5) is 0 Å². The average molecular weight is 311 g/mol. The van der Waals surface area contributed by atoms with Gasteiger partial charge >= 0.3 is 0 Å². The number of halogens is 1. The first-order valence-electron chi connectivity index (χ1n) is 6.94. The third-order valence-corrected chi connectivity index (χ3v) is 3.79. The summed E-state index contributed by atoms with van der Waals surface area (Å²) in [6.45, 7) is 0. The zero-order valence-electron chi connectivity index (χ0n) is 12.1. The number of nitrogens with zero attached hydrogens (tertiary/aromatic N) is 2. The van der Waals surface area contributed by atoms with Gasteiger partial charge in [0.25, 0.3) is 0 Å². The van der Waals surface area contributed by atoms with E-state index in [0.717, 1.165) is 16.7 Å². The Kier molecular flexibility index (Phi) is 4.35. The molecule has 3 rings (SSSR count). The van der Waals surface area contributed by atoms with E-state index in [0.29, 0.717) is 10.9 Å². The highest BCUT2D eigenvalue weighted by molar-refractivity contribution is 6.30. The van der Waals surface area contributed by atoms with E-state index in [-0.39, 0.29) is 5.92 Å². The summed E-state index contributed by atoms with van der Waals surface area (Å²) in [4.78, 5) is 8.39. The van der Waals surface area contributed by atoms with E-state index in [2.05, 4.69) is 22.1 Å². The van der Waals surface area contributed by atoms with Crippen molar-refractivity contribution >= 4 is 11.6 Å². The predicted molar refractivity (Wildman–Crippen MR) is 87.4 cm³/mol. The van der Waals surface area contributed by atoms with Gasteiger partial charge in [0.1, 0.15) is 6.33 Å². The molecule has 0 amide bonds. The minimum atomic E-state index is -0.00498. The number of methoxy groups -OCH3 is 1. The van der Waals surface area contributed by atoms with Crippen LogP contribution in [0.2, 0.25) is 5.02 Å². The summed E-state index contributed by atoms with van der Waals surface area (Å²) >= 11 is 6.02. The summed E-state index contributed by atoms with van der Waals surface area (Å²) in [5.74, 6) is 0.577. The zero-order valence-corrected chi connectivity index (χ0v) is 12.9. The van der Waals surface area contributed by atoms with E-state index in [1.165, 1.54) is 6.33 Å². The van der Waals surface area contributed by atoms with Crippen molar-refractivity contribution in [2.24, 2.45) is 0 Å². The number of hydrogen-bond donors (Lipinski definition) is 0. The molecule has 0 unspecified atom stereocenters. The van der Waals surface area contributed by atoms with Crippen molar-refractivity contribution in [1.82, 2.24) is 9.97 Å². The predicted octanol–water partition coefficient (Wildman–Crippen LogP) is 4.32. The molecule has 0 bridgehead atoms. The van der Waals surface area contributed by atoms with E-state index in [9.17, 15) is 0 Å². The summed E-state index contributed by atoms with van der Waals surface area (Å²) in [7, 11) is 1.62. The lowest BCUT2D eigenvalue weighted by atomic mass is 9.86. The van der Waals surface area contributed by atoms with Gasteiger partial charge in [-0.3, -0.25) is 0 Å². The smallest absolute Gasteiger partial charge is 0.220 e. The molecule has 1 atom stereocenters. The number of rotatable bonds is 4. The van der Waals surface area contributed by atoms with Crippen molar-refractivity contribution in [3.8, 4) is 5.88 Å². The third kappa shape index (κ3) is 2.95. The fourth-order valence-corrected chi connectivity index (χ4v) is 2.68. The van der Waals surface area contributed by atoms with Crippen LogP contribution in [-0.2, 0) is 0 Å². The summed E-state index contributed by atoms with van der Waals surface area (Å²) in [6.07, 6.45) is 3.30. The maximum Gasteiger partial charge on any atom is 0.220 e. The Morgan fingerprint density at radius 3 is 2.32 bits per heavy atom. The van der Waals surface area contributed by atoms with Gasteiger partial charge in [0.2, 0.25) is 5.88 Å². The number of ether oxygens (including phenoxy) is 1. The van der Waals surface area contributed by atoms with Crippen LogP contribution < -0.4 is 4.74 Å². The Morgan fingerprint density at radius 1 is 0.955 bits per heavy atom. The third-order valence-electron chi connectivity index (χ3n) is 3.54. The minimum absolute atomic E-state index is 0.00498. The Balaban J connectivity index is 2.17. The maximum absolute atomic E-state index is 6.02. The number of aromatic nitrogens is 2. The average Bonchev–Trinajstić information content (AvgIpc) is 2.58. The summed E-state index contributed by atoms with van der Waals surface area (Å²) in [5, 5.41) is 0.715. The summed E-state index contributed by atoms with van der Waals surface area (Å²) in [6, 6.07) is 18.0. The van der Waals surface area contributed by atoms with Crippen molar-refractivity contribution in [3.63, 3.8) is 0 Å². The molecule has 0 saturated heterocycles. The molecule has 3 nitrogen and oxygen atoms in total. The summed E-state index contributed by atoms with van der Waals surface area (Å²) in [5.41, 5.74) is 3.19. The molecule has 0 aliphatic heterocycles. The van der Waals surface area contributed by atoms with Crippen molar-refractivity contribution in [3.05, 3.63) is 88.8 Å². The van der Waals surface area contributed by atoms with Crippen LogP contribution in [0.15, 0.2) is 67.1 Å². The molecule has 1 heterocycles. The highest BCUT2D eigenvalue weighted by Crippen LogP contribution is 2.35. The van der Waals surface area contributed by atoms with Gasteiger partial charge in [0.15, 0.2) is 0 Å². The molecule has 2 aromatic carbocycles. The highest BCUT2D eigenvalue weighted by atomic mass is 35.5. The van der Waals surface area contributed by atoms with Crippen molar-refractivity contribution in [2.45, 2.75) is 5.92 Å². The fourth-order valence-electron chi connectivity index (χ4n) is 2.55. The standard InChI is InChI=1S/C18H15ClN2O/c1-22-18-16(11-20-12-21-18)17(13-5-3-2-4-6-13)14-7-9-15(19)10-8-14/h2-12,17H,1H3/t17-/m1/s1. The van der Waals surface area contributed by atoms with Crippen LogP contribution in [-0.4, -0.2) is 17.1 Å². The molecule has 0 saturated carbocycles. The van der Waals surface area contributed by atoms with Crippen LogP contribution in [0.5, 0.6) is 5.88 Å². The van der Waals surface area contributed by atoms with Crippen molar-refractivity contribution < 1.29 is 4.74 Å². The Morgan fingerprint density at radius 2 is 1.64 bits per heavy atom. The van der Waals surface area contributed by atoms with E-state index in [4.69, 9.17) is 16.3 Å². The van der Waals surface area contributed by atoms with E-state index >= 15 is 0 Å². The van der Waals surface area contributed by atoms with Gasteiger partial charge in [0.05, 0.1) is 7.11 Å². The van der Waals surface area contributed by atoms with Crippen LogP contribution >= 0.6 is 11.6 Å². The normalized spacial score (nSPS) is 11.9. The molecule has 0 aliphatic rings. The molecule has 110 valence electrons. The number of benzene rings is 2. The molecule has 0 spiro atoms. The van der Waals surface area contributed by atoms with E-state index in [1.54, 1.807) is 13.3 Å². The van der Waals surface area contributed by atoms with Crippen LogP contribution in [0.25, 0.3) is 0 Å². The molecule has 0 fully saturated rings. The van der Waals surface area contributed by atoms with Crippen LogP contribution in [0.1, 0.15) is 22.6 Å². The van der Waals surface area contributed by atoms with Crippen molar-refractivity contribution in [2.75, 3.05) is 7.11 Å². The van der Waals surface area contributed by atoms with Crippen LogP contribution in [0.3, 0.4) is 0 Å². The van der Waals surface area contributed by atoms with E-state index in [1.807, 2.05) is 42.5 Å². The van der Waals surface area contributed by atoms with Crippen LogP contribution in [0, 0.1) is 0 Å². The maximum atomic E-state index is 6.02. The second-order valence-electron chi connectivity index (χ2n) is 4.88. The largest absolute Gasteiger partial charge is 0.481 e. The topological polar surface area (TPSA) is 35.0 Å². The van der Waals surface area contributed by atoms with Gasteiger partial charge < -0.3 is 4.74 Å². The second-order valence-corrected chi connectivity index (χ2v) is 5.32.